The van der Waals surface area contributed by atoms with Gasteiger partial charge in [-0.3, -0.25) is 14.9 Å². The van der Waals surface area contributed by atoms with Crippen LogP contribution in [-0.4, -0.2) is 10.8 Å². The van der Waals surface area contributed by atoms with Crippen LogP contribution in [0.3, 0.4) is 0 Å². The summed E-state index contributed by atoms with van der Waals surface area (Å²) in [5.74, 6) is -0.738. The van der Waals surface area contributed by atoms with Crippen molar-refractivity contribution in [2.75, 3.05) is 5.32 Å². The summed E-state index contributed by atoms with van der Waals surface area (Å²) in [6.45, 7) is 0.0999. The van der Waals surface area contributed by atoms with Gasteiger partial charge in [-0.15, -0.1) is 0 Å². The minimum absolute atomic E-state index is 0.0296. The lowest BCUT2D eigenvalue weighted by molar-refractivity contribution is -0.384. The summed E-state index contributed by atoms with van der Waals surface area (Å²) < 4.78 is 20.2. The van der Waals surface area contributed by atoms with Crippen LogP contribution in [0.4, 0.5) is 15.8 Å². The summed E-state index contributed by atoms with van der Waals surface area (Å²) in [6, 6.07) is 16.4. The Morgan fingerprint density at radius 1 is 1.15 bits per heavy atom. The Kier molecular flexibility index (Phi) is 7.92. The van der Waals surface area contributed by atoms with E-state index in [0.717, 1.165) is 0 Å². The van der Waals surface area contributed by atoms with Gasteiger partial charge in [-0.2, -0.15) is 5.26 Å². The Morgan fingerprint density at radius 3 is 2.42 bits per heavy atom. The molecule has 7 nitrogen and oxygen atoms in total. The van der Waals surface area contributed by atoms with Gasteiger partial charge in [0.05, 0.1) is 9.40 Å². The molecule has 1 amide bonds. The SMILES string of the molecule is N#C/C(=C\c1cc(Br)cc(Br)c1OCc1ccc([N+](=O)[O-])cc1)C(=O)Nc1ccc(F)cc1. The fraction of sp³-hybridized carbons (Fsp3) is 0.0435. The second kappa shape index (κ2) is 10.8. The molecule has 3 aromatic carbocycles. The Hall–Kier alpha value is -3.55. The summed E-state index contributed by atoms with van der Waals surface area (Å²) in [7, 11) is 0. The molecule has 0 saturated carbocycles. The molecule has 0 radical (unpaired) electrons. The molecule has 0 atom stereocenters. The fourth-order valence-corrected chi connectivity index (χ4v) is 4.12. The van der Waals surface area contributed by atoms with Crippen molar-refractivity contribution in [2.45, 2.75) is 6.61 Å². The first-order valence-electron chi connectivity index (χ1n) is 9.30. The minimum Gasteiger partial charge on any atom is -0.487 e. The maximum atomic E-state index is 13.1. The molecule has 0 aliphatic rings. The van der Waals surface area contributed by atoms with E-state index in [0.29, 0.717) is 31.5 Å². The Labute approximate surface area is 204 Å². The third-order valence-corrected chi connectivity index (χ3v) is 5.38. The lowest BCUT2D eigenvalue weighted by Crippen LogP contribution is -2.13. The molecule has 1 N–H and O–H groups in total. The average Bonchev–Trinajstić information content (AvgIpc) is 2.78. The topological polar surface area (TPSA) is 105 Å². The van der Waals surface area contributed by atoms with Crippen LogP contribution in [0.15, 0.2) is 75.2 Å². The molecule has 0 aliphatic carbocycles. The summed E-state index contributed by atoms with van der Waals surface area (Å²) in [6.07, 6.45) is 1.37. The zero-order valence-corrected chi connectivity index (χ0v) is 19.9. The molecule has 10 heteroatoms. The quantitative estimate of drug-likeness (QED) is 0.152. The number of anilines is 1. The molecule has 0 fully saturated rings. The van der Waals surface area contributed by atoms with E-state index < -0.39 is 16.6 Å². The molecular formula is C23H14Br2FN3O4. The largest absolute Gasteiger partial charge is 0.487 e. The van der Waals surface area contributed by atoms with E-state index in [-0.39, 0.29) is 17.9 Å². The molecule has 0 aromatic heterocycles. The molecule has 33 heavy (non-hydrogen) atoms. The van der Waals surface area contributed by atoms with Crippen molar-refractivity contribution in [1.29, 1.82) is 5.26 Å². The van der Waals surface area contributed by atoms with Crippen molar-refractivity contribution >= 4 is 55.2 Å². The van der Waals surface area contributed by atoms with Crippen molar-refractivity contribution in [2.24, 2.45) is 0 Å². The van der Waals surface area contributed by atoms with Crippen molar-refractivity contribution in [3.8, 4) is 11.8 Å². The van der Waals surface area contributed by atoms with Crippen molar-refractivity contribution in [1.82, 2.24) is 0 Å². The van der Waals surface area contributed by atoms with E-state index in [9.17, 15) is 24.6 Å². The Morgan fingerprint density at radius 2 is 1.82 bits per heavy atom. The molecule has 0 bridgehead atoms. The summed E-state index contributed by atoms with van der Waals surface area (Å²) in [5, 5.41) is 22.9. The number of amides is 1. The lowest BCUT2D eigenvalue weighted by atomic mass is 10.1. The molecular weight excluding hydrogens is 561 g/mol. The number of halogens is 3. The molecule has 0 spiro atoms. The van der Waals surface area contributed by atoms with Crippen LogP contribution < -0.4 is 10.1 Å². The number of nitro groups is 1. The van der Waals surface area contributed by atoms with Crippen LogP contribution >= 0.6 is 31.9 Å². The second-order valence-corrected chi connectivity index (χ2v) is 8.42. The summed E-state index contributed by atoms with van der Waals surface area (Å²) in [4.78, 5) is 22.9. The number of nitrogens with zero attached hydrogens (tertiary/aromatic N) is 2. The van der Waals surface area contributed by atoms with E-state index in [1.54, 1.807) is 24.3 Å². The molecule has 0 unspecified atom stereocenters. The van der Waals surface area contributed by atoms with Gasteiger partial charge in [-0.25, -0.2) is 4.39 Å². The van der Waals surface area contributed by atoms with Crippen molar-refractivity contribution in [3.63, 3.8) is 0 Å². The smallest absolute Gasteiger partial charge is 0.269 e. The van der Waals surface area contributed by atoms with Gasteiger partial charge in [0.25, 0.3) is 11.6 Å². The summed E-state index contributed by atoms with van der Waals surface area (Å²) in [5.41, 5.74) is 1.26. The third kappa shape index (κ3) is 6.47. The van der Waals surface area contributed by atoms with Crippen LogP contribution in [0.5, 0.6) is 5.75 Å². The Balaban J connectivity index is 1.85. The number of rotatable bonds is 7. The van der Waals surface area contributed by atoms with Crippen molar-refractivity contribution in [3.05, 3.63) is 102 Å². The molecule has 3 aromatic rings. The van der Waals surface area contributed by atoms with E-state index in [2.05, 4.69) is 37.2 Å². The first-order chi connectivity index (χ1) is 15.8. The third-order valence-electron chi connectivity index (χ3n) is 4.33. The van der Waals surface area contributed by atoms with Crippen LogP contribution in [0.25, 0.3) is 6.08 Å². The number of carbonyl (C=O) groups excluding carboxylic acids is 1. The average molecular weight is 575 g/mol. The van der Waals surface area contributed by atoms with Crippen LogP contribution in [0.2, 0.25) is 0 Å². The molecule has 0 heterocycles. The van der Waals surface area contributed by atoms with Gasteiger partial charge in [0.1, 0.15) is 29.8 Å². The van der Waals surface area contributed by atoms with E-state index in [1.807, 2.05) is 6.07 Å². The van der Waals surface area contributed by atoms with Gasteiger partial charge in [-0.1, -0.05) is 15.9 Å². The van der Waals surface area contributed by atoms with Gasteiger partial charge in [-0.05, 0) is 76.1 Å². The molecule has 166 valence electrons. The number of nitrogens with one attached hydrogen (secondary N) is 1. The first-order valence-corrected chi connectivity index (χ1v) is 10.9. The van der Waals surface area contributed by atoms with Gasteiger partial charge in [0.2, 0.25) is 0 Å². The number of non-ortho nitro benzene ring substituents is 1. The lowest BCUT2D eigenvalue weighted by Gasteiger charge is -2.13. The monoisotopic (exact) mass is 573 g/mol. The maximum Gasteiger partial charge on any atom is 0.269 e. The van der Waals surface area contributed by atoms with E-state index in [1.165, 1.54) is 42.5 Å². The number of nitriles is 1. The zero-order chi connectivity index (χ0) is 24.0. The van der Waals surface area contributed by atoms with Gasteiger partial charge >= 0.3 is 0 Å². The number of carbonyl (C=O) groups is 1. The van der Waals surface area contributed by atoms with Crippen LogP contribution in [0.1, 0.15) is 11.1 Å². The van der Waals surface area contributed by atoms with Gasteiger partial charge in [0, 0.05) is 27.9 Å². The van der Waals surface area contributed by atoms with E-state index in [4.69, 9.17) is 4.74 Å². The van der Waals surface area contributed by atoms with Crippen molar-refractivity contribution < 1.29 is 18.8 Å². The molecule has 0 aliphatic heterocycles. The minimum atomic E-state index is -0.665. The summed E-state index contributed by atoms with van der Waals surface area (Å²) >= 11 is 6.80. The Bertz CT molecular complexity index is 1270. The van der Waals surface area contributed by atoms with Gasteiger partial charge in [0.15, 0.2) is 0 Å². The number of hydrogen-bond donors (Lipinski definition) is 1. The molecule has 3 rings (SSSR count). The van der Waals surface area contributed by atoms with E-state index >= 15 is 0 Å². The van der Waals surface area contributed by atoms with Crippen LogP contribution in [-0.2, 0) is 11.4 Å². The normalized spacial score (nSPS) is 10.9. The number of nitro benzene ring substituents is 1. The van der Waals surface area contributed by atoms with Gasteiger partial charge < -0.3 is 10.1 Å². The number of benzene rings is 3. The maximum absolute atomic E-state index is 13.1. The number of ether oxygens (including phenoxy) is 1. The highest BCUT2D eigenvalue weighted by Gasteiger charge is 2.15. The highest BCUT2D eigenvalue weighted by Crippen LogP contribution is 2.35. The first kappa shape index (κ1) is 24.1. The molecule has 0 saturated heterocycles. The standard InChI is InChI=1S/C23H14Br2FN3O4/c24-17-10-15(9-16(12-27)23(30)28-19-5-3-18(26)4-6-19)22(21(25)11-17)33-13-14-1-7-20(8-2-14)29(31)32/h1-11H,13H2,(H,28,30)/b16-9+. The predicted octanol–water partition coefficient (Wildman–Crippen LogP) is 6.38. The number of hydrogen-bond acceptors (Lipinski definition) is 5. The zero-order valence-electron chi connectivity index (χ0n) is 16.7. The fourth-order valence-electron chi connectivity index (χ4n) is 2.74. The second-order valence-electron chi connectivity index (χ2n) is 6.65. The highest BCUT2D eigenvalue weighted by atomic mass is 79.9. The predicted molar refractivity (Wildman–Crippen MR) is 128 cm³/mol. The highest BCUT2D eigenvalue weighted by molar-refractivity contribution is 9.11. The van der Waals surface area contributed by atoms with Crippen LogP contribution in [0, 0.1) is 27.3 Å².